The molecule has 1 heterocycles. The highest BCUT2D eigenvalue weighted by Crippen LogP contribution is 2.39. The minimum atomic E-state index is -2.56. The molecule has 4 nitrogen and oxygen atoms in total. The molecule has 1 atom stereocenters. The Morgan fingerprint density at radius 1 is 0.941 bits per heavy atom. The van der Waals surface area contributed by atoms with Crippen LogP contribution in [0.25, 0.3) is 0 Å². The first-order chi connectivity index (χ1) is 15.8. The molecule has 2 aromatic rings. The van der Waals surface area contributed by atoms with Gasteiger partial charge in [-0.05, 0) is 68.8 Å². The Kier molecular flexibility index (Phi) is 7.69. The summed E-state index contributed by atoms with van der Waals surface area (Å²) in [5, 5.41) is 2.57. The van der Waals surface area contributed by atoms with Crippen LogP contribution in [-0.2, 0) is 9.16 Å². The number of carbonyl (C=O) groups excluding carboxylic acids is 1. The van der Waals surface area contributed by atoms with Crippen molar-refractivity contribution in [3.63, 3.8) is 0 Å². The van der Waals surface area contributed by atoms with E-state index in [4.69, 9.17) is 9.16 Å². The molecule has 1 aliphatic rings. The van der Waals surface area contributed by atoms with Crippen molar-refractivity contribution >= 4 is 24.8 Å². The first kappa shape index (κ1) is 26.5. The van der Waals surface area contributed by atoms with Gasteiger partial charge in [0.2, 0.25) is 0 Å². The Balaban J connectivity index is 1.85. The summed E-state index contributed by atoms with van der Waals surface area (Å²) in [6.45, 7) is 18.4. The highest BCUT2D eigenvalue weighted by atomic mass is 28.4. The molecule has 2 aromatic carbocycles. The van der Waals surface area contributed by atoms with E-state index >= 15 is 0 Å². The Morgan fingerprint density at radius 2 is 1.44 bits per heavy atom. The Labute approximate surface area is 207 Å². The number of likely N-dealkylation sites (tertiary alicyclic amines) is 1. The van der Waals surface area contributed by atoms with E-state index < -0.39 is 13.9 Å². The third-order valence-corrected chi connectivity index (χ3v) is 11.9. The SMILES string of the molecule is CC(C)(C)OC(=O)N1CC[C@@H](CO[Si](c2ccccc2)(c2ccccc2)C(C)(C)C)CC1(C)C. The molecule has 0 saturated carbocycles. The van der Waals surface area contributed by atoms with Gasteiger partial charge in [0.15, 0.2) is 0 Å². The lowest BCUT2D eigenvalue weighted by Crippen LogP contribution is -2.67. The van der Waals surface area contributed by atoms with Gasteiger partial charge in [-0.3, -0.25) is 0 Å². The first-order valence-electron chi connectivity index (χ1n) is 12.5. The van der Waals surface area contributed by atoms with Gasteiger partial charge < -0.3 is 14.1 Å². The summed E-state index contributed by atoms with van der Waals surface area (Å²) >= 11 is 0. The molecular weight excluding hydrogens is 438 g/mol. The van der Waals surface area contributed by atoms with Crippen LogP contribution in [0.1, 0.15) is 68.2 Å². The number of rotatable bonds is 5. The smallest absolute Gasteiger partial charge is 0.410 e. The maximum absolute atomic E-state index is 12.8. The molecule has 186 valence electrons. The molecule has 0 bridgehead atoms. The summed E-state index contributed by atoms with van der Waals surface area (Å²) in [5.74, 6) is 0.385. The van der Waals surface area contributed by atoms with E-state index in [9.17, 15) is 4.79 Å². The summed E-state index contributed by atoms with van der Waals surface area (Å²) in [7, 11) is -2.56. The van der Waals surface area contributed by atoms with Crippen LogP contribution < -0.4 is 10.4 Å². The molecule has 5 heteroatoms. The molecule has 0 aliphatic carbocycles. The zero-order valence-electron chi connectivity index (χ0n) is 22.4. The van der Waals surface area contributed by atoms with Gasteiger partial charge in [0.1, 0.15) is 5.60 Å². The number of ether oxygens (including phenoxy) is 1. The van der Waals surface area contributed by atoms with Crippen LogP contribution in [0, 0.1) is 5.92 Å². The van der Waals surface area contributed by atoms with Gasteiger partial charge in [0.25, 0.3) is 8.32 Å². The van der Waals surface area contributed by atoms with Crippen molar-refractivity contribution < 1.29 is 14.0 Å². The standard InChI is InChI=1S/C29H43NO3Si/c1-27(2,3)33-26(31)30-20-19-23(21-29(30,7)8)22-32-34(28(4,5)6,24-15-11-9-12-16-24)25-17-13-10-14-18-25/h9-18,23H,19-22H2,1-8H3/t23-/m1/s1. The highest BCUT2D eigenvalue weighted by molar-refractivity contribution is 6.99. The number of hydrogen-bond acceptors (Lipinski definition) is 3. The molecule has 1 aliphatic heterocycles. The molecular formula is C29H43NO3Si. The lowest BCUT2D eigenvalue weighted by atomic mass is 9.83. The van der Waals surface area contributed by atoms with E-state index in [-0.39, 0.29) is 16.7 Å². The fraction of sp³-hybridized carbons (Fsp3) is 0.552. The number of amides is 1. The van der Waals surface area contributed by atoms with Crippen molar-refractivity contribution in [1.29, 1.82) is 0 Å². The van der Waals surface area contributed by atoms with Gasteiger partial charge in [0.05, 0.1) is 0 Å². The Hall–Kier alpha value is -2.11. The monoisotopic (exact) mass is 481 g/mol. The largest absolute Gasteiger partial charge is 0.444 e. The van der Waals surface area contributed by atoms with Crippen LogP contribution in [0.2, 0.25) is 5.04 Å². The van der Waals surface area contributed by atoms with Gasteiger partial charge in [-0.15, -0.1) is 0 Å². The predicted molar refractivity (Wildman–Crippen MR) is 143 cm³/mol. The summed E-state index contributed by atoms with van der Waals surface area (Å²) in [5.41, 5.74) is -0.767. The van der Waals surface area contributed by atoms with Crippen molar-refractivity contribution in [1.82, 2.24) is 4.90 Å². The minimum Gasteiger partial charge on any atom is -0.444 e. The Bertz CT molecular complexity index is 905. The number of carbonyl (C=O) groups is 1. The fourth-order valence-corrected chi connectivity index (χ4v) is 9.98. The topological polar surface area (TPSA) is 38.8 Å². The third-order valence-electron chi connectivity index (χ3n) is 6.85. The van der Waals surface area contributed by atoms with E-state index in [0.717, 1.165) is 12.8 Å². The molecule has 1 amide bonds. The second-order valence-electron chi connectivity index (χ2n) is 12.3. The lowest BCUT2D eigenvalue weighted by molar-refractivity contribution is -0.0190. The van der Waals surface area contributed by atoms with Gasteiger partial charge in [-0.25, -0.2) is 4.79 Å². The summed E-state index contributed by atoms with van der Waals surface area (Å²) < 4.78 is 12.9. The van der Waals surface area contributed by atoms with Gasteiger partial charge >= 0.3 is 6.09 Å². The van der Waals surface area contributed by atoms with Gasteiger partial charge in [0, 0.05) is 18.7 Å². The van der Waals surface area contributed by atoms with Crippen LogP contribution in [-0.4, -0.2) is 43.6 Å². The van der Waals surface area contributed by atoms with Crippen molar-refractivity contribution in [3.05, 3.63) is 60.7 Å². The van der Waals surface area contributed by atoms with E-state index in [2.05, 4.69) is 95.3 Å². The quantitative estimate of drug-likeness (QED) is 0.493. The number of nitrogens with zero attached hydrogens (tertiary/aromatic N) is 1. The highest BCUT2D eigenvalue weighted by Gasteiger charge is 2.51. The molecule has 0 N–H and O–H groups in total. The average molecular weight is 482 g/mol. The van der Waals surface area contributed by atoms with Gasteiger partial charge in [-0.2, -0.15) is 0 Å². The average Bonchev–Trinajstić information content (AvgIpc) is 2.73. The molecule has 1 saturated heterocycles. The molecule has 1 fully saturated rings. The maximum Gasteiger partial charge on any atom is 0.410 e. The van der Waals surface area contributed by atoms with Crippen LogP contribution in [0.3, 0.4) is 0 Å². The van der Waals surface area contributed by atoms with E-state index in [1.54, 1.807) is 0 Å². The summed E-state index contributed by atoms with van der Waals surface area (Å²) in [6.07, 6.45) is 1.59. The third kappa shape index (κ3) is 5.74. The van der Waals surface area contributed by atoms with Crippen LogP contribution >= 0.6 is 0 Å². The summed E-state index contributed by atoms with van der Waals surface area (Å²) in [6, 6.07) is 21.6. The van der Waals surface area contributed by atoms with Crippen LogP contribution in [0.4, 0.5) is 4.79 Å². The number of benzene rings is 2. The lowest BCUT2D eigenvalue weighted by Gasteiger charge is -2.47. The minimum absolute atomic E-state index is 0.0392. The fourth-order valence-electron chi connectivity index (χ4n) is 5.34. The first-order valence-corrected chi connectivity index (χ1v) is 14.4. The summed E-state index contributed by atoms with van der Waals surface area (Å²) in [4.78, 5) is 14.7. The molecule has 0 unspecified atom stereocenters. The van der Waals surface area contributed by atoms with Gasteiger partial charge in [-0.1, -0.05) is 81.4 Å². The van der Waals surface area contributed by atoms with E-state index in [0.29, 0.717) is 19.1 Å². The Morgan fingerprint density at radius 3 is 1.85 bits per heavy atom. The molecule has 3 rings (SSSR count). The number of hydrogen-bond donors (Lipinski definition) is 0. The van der Waals surface area contributed by atoms with Crippen molar-refractivity contribution in [2.45, 2.75) is 84.4 Å². The number of piperidine rings is 1. The molecule has 0 spiro atoms. The molecule has 34 heavy (non-hydrogen) atoms. The van der Waals surface area contributed by atoms with Crippen LogP contribution in [0.15, 0.2) is 60.7 Å². The zero-order chi connectivity index (χ0) is 25.2. The van der Waals surface area contributed by atoms with Crippen LogP contribution in [0.5, 0.6) is 0 Å². The van der Waals surface area contributed by atoms with Crippen molar-refractivity contribution in [2.75, 3.05) is 13.2 Å². The van der Waals surface area contributed by atoms with E-state index in [1.807, 2.05) is 25.7 Å². The second kappa shape index (κ2) is 9.86. The van der Waals surface area contributed by atoms with E-state index in [1.165, 1.54) is 10.4 Å². The molecule has 0 radical (unpaired) electrons. The molecule has 0 aromatic heterocycles. The van der Waals surface area contributed by atoms with Crippen molar-refractivity contribution in [3.8, 4) is 0 Å². The predicted octanol–water partition coefficient (Wildman–Crippen LogP) is 5.99. The second-order valence-corrected chi connectivity index (χ2v) is 16.6. The zero-order valence-corrected chi connectivity index (χ0v) is 23.4. The van der Waals surface area contributed by atoms with Crippen molar-refractivity contribution in [2.24, 2.45) is 5.92 Å². The normalized spacial score (nSPS) is 19.1. The maximum atomic E-state index is 12.8.